The molecule has 4 aromatic rings. The lowest BCUT2D eigenvalue weighted by Crippen LogP contribution is -2.60. The van der Waals surface area contributed by atoms with Gasteiger partial charge in [0.1, 0.15) is 17.2 Å². The zero-order chi connectivity index (χ0) is 23.4. The molecule has 1 unspecified atom stereocenters. The molecule has 1 aromatic heterocycles. The van der Waals surface area contributed by atoms with Crippen LogP contribution in [-0.2, 0) is 7.05 Å². The van der Waals surface area contributed by atoms with Crippen molar-refractivity contribution in [2.24, 2.45) is 12.0 Å². The van der Waals surface area contributed by atoms with Gasteiger partial charge in [0.15, 0.2) is 0 Å². The Morgan fingerprint density at radius 2 is 1.82 bits per heavy atom. The number of nitrogens with zero attached hydrogens (tertiary/aromatic N) is 4. The largest absolute Gasteiger partial charge is 0.507 e. The number of carbonyl (C=O) groups is 1. The molecule has 0 aliphatic carbocycles. The van der Waals surface area contributed by atoms with Crippen LogP contribution >= 0.6 is 0 Å². The predicted molar refractivity (Wildman–Crippen MR) is 128 cm³/mol. The van der Waals surface area contributed by atoms with Crippen molar-refractivity contribution in [2.75, 3.05) is 7.05 Å². The van der Waals surface area contributed by atoms with Crippen LogP contribution in [0, 0.1) is 0 Å². The van der Waals surface area contributed by atoms with Crippen molar-refractivity contribution >= 4 is 35.2 Å². The molecule has 3 aromatic carbocycles. The highest BCUT2D eigenvalue weighted by atomic mass is 16.7. The van der Waals surface area contributed by atoms with E-state index in [1.807, 2.05) is 42.0 Å². The van der Waals surface area contributed by atoms with Crippen LogP contribution in [0.15, 0.2) is 71.7 Å². The summed E-state index contributed by atoms with van der Waals surface area (Å²) in [6.45, 7) is 0. The molecule has 0 fully saturated rings. The van der Waals surface area contributed by atoms with Crippen molar-refractivity contribution in [3.63, 3.8) is 0 Å². The smallest absolute Gasteiger partial charge is 0.362 e. The van der Waals surface area contributed by atoms with Crippen molar-refractivity contribution in [3.8, 4) is 17.2 Å². The lowest BCUT2D eigenvalue weighted by molar-refractivity contribution is -0.166. The summed E-state index contributed by atoms with van der Waals surface area (Å²) in [5.41, 5.74) is 3.30. The van der Waals surface area contributed by atoms with Gasteiger partial charge >= 0.3 is 5.91 Å². The normalized spacial score (nSPS) is 18.8. The van der Waals surface area contributed by atoms with Gasteiger partial charge in [-0.25, -0.2) is 9.98 Å². The molecule has 0 saturated carbocycles. The first-order chi connectivity index (χ1) is 16.5. The Hall–Kier alpha value is -4.59. The van der Waals surface area contributed by atoms with E-state index in [-0.39, 0.29) is 11.7 Å². The first-order valence-electron chi connectivity index (χ1n) is 10.7. The van der Waals surface area contributed by atoms with E-state index in [1.54, 1.807) is 49.5 Å². The van der Waals surface area contributed by atoms with Crippen molar-refractivity contribution in [3.05, 3.63) is 83.4 Å². The van der Waals surface area contributed by atoms with Gasteiger partial charge in [-0.3, -0.25) is 9.69 Å². The van der Waals surface area contributed by atoms with E-state index in [2.05, 4.69) is 9.98 Å². The third kappa shape index (κ3) is 2.88. The Labute approximate surface area is 195 Å². The number of phenolic OH excluding ortho intramolecular Hbond substituents is 1. The number of rotatable bonds is 2. The maximum absolute atomic E-state index is 13.0. The Balaban J connectivity index is 1.42. The predicted octanol–water partition coefficient (Wildman–Crippen LogP) is 4.25. The molecule has 1 atom stereocenters. The molecular formula is C26H20N4O4. The standard InChI is InChI=1S/C26H20N4O4/c1-29-20-9-5-4-8-19(20)28-25(29)27-15-18-21(31)12-11-16-13-14-26(34-23(16)18)30(2)24(32)17-7-3-6-10-22(17)33-26/h3-15,31H,1-2H3/b27-15+. The van der Waals surface area contributed by atoms with Crippen LogP contribution in [0.1, 0.15) is 21.5 Å². The summed E-state index contributed by atoms with van der Waals surface area (Å²) in [5.74, 6) is -0.485. The maximum Gasteiger partial charge on any atom is 0.362 e. The van der Waals surface area contributed by atoms with Crippen molar-refractivity contribution in [1.29, 1.82) is 0 Å². The van der Waals surface area contributed by atoms with Gasteiger partial charge < -0.3 is 19.1 Å². The number of aromatic hydroxyl groups is 1. The van der Waals surface area contributed by atoms with Crippen LogP contribution in [0.4, 0.5) is 5.95 Å². The van der Waals surface area contributed by atoms with E-state index in [4.69, 9.17) is 9.47 Å². The summed E-state index contributed by atoms with van der Waals surface area (Å²) >= 11 is 0. The van der Waals surface area contributed by atoms with Gasteiger partial charge in [0.05, 0.1) is 22.2 Å². The van der Waals surface area contributed by atoms with Gasteiger partial charge in [0.2, 0.25) is 5.95 Å². The van der Waals surface area contributed by atoms with Gasteiger partial charge in [-0.15, -0.1) is 0 Å². The molecule has 2 aliphatic rings. The number of hydrogen-bond acceptors (Lipinski definition) is 6. The fourth-order valence-electron chi connectivity index (χ4n) is 4.24. The minimum absolute atomic E-state index is 0.0168. The third-order valence-electron chi connectivity index (χ3n) is 6.14. The van der Waals surface area contributed by atoms with Gasteiger partial charge in [-0.1, -0.05) is 24.3 Å². The second-order valence-electron chi connectivity index (χ2n) is 8.16. The third-order valence-corrected chi connectivity index (χ3v) is 6.14. The summed E-state index contributed by atoms with van der Waals surface area (Å²) < 4.78 is 14.3. The summed E-state index contributed by atoms with van der Waals surface area (Å²) in [5, 5.41) is 10.7. The maximum atomic E-state index is 13.0. The molecule has 0 radical (unpaired) electrons. The highest BCUT2D eigenvalue weighted by Crippen LogP contribution is 2.42. The van der Waals surface area contributed by atoms with Crippen LogP contribution in [0.2, 0.25) is 0 Å². The van der Waals surface area contributed by atoms with E-state index in [9.17, 15) is 9.90 Å². The number of aliphatic imine (C=N–C) groups is 1. The highest BCUT2D eigenvalue weighted by Gasteiger charge is 2.48. The van der Waals surface area contributed by atoms with E-state index in [0.717, 1.165) is 16.6 Å². The minimum Gasteiger partial charge on any atom is -0.507 e. The summed E-state index contributed by atoms with van der Waals surface area (Å²) in [7, 11) is 3.49. The first kappa shape index (κ1) is 20.0. The van der Waals surface area contributed by atoms with Gasteiger partial charge in [-0.05, 0) is 42.5 Å². The second kappa shape index (κ2) is 7.21. The van der Waals surface area contributed by atoms with E-state index in [1.165, 1.54) is 11.1 Å². The van der Waals surface area contributed by atoms with Gasteiger partial charge in [0, 0.05) is 31.9 Å². The van der Waals surface area contributed by atoms with Crippen LogP contribution < -0.4 is 9.47 Å². The molecule has 34 heavy (non-hydrogen) atoms. The number of ether oxygens (including phenoxy) is 2. The molecule has 8 heteroatoms. The molecule has 168 valence electrons. The molecular weight excluding hydrogens is 432 g/mol. The number of fused-ring (bicyclic) bond motifs is 3. The number of likely N-dealkylation sites (N-methyl/N-ethyl adjacent to an activating group) is 1. The average molecular weight is 452 g/mol. The Bertz CT molecular complexity index is 1540. The van der Waals surface area contributed by atoms with Crippen molar-refractivity contribution < 1.29 is 19.4 Å². The number of carbonyl (C=O) groups excluding carboxylic acids is 1. The molecule has 1 amide bonds. The van der Waals surface area contributed by atoms with Crippen LogP contribution in [0.5, 0.6) is 17.2 Å². The monoisotopic (exact) mass is 452 g/mol. The number of para-hydroxylation sites is 3. The quantitative estimate of drug-likeness (QED) is 0.459. The topological polar surface area (TPSA) is 89.2 Å². The summed E-state index contributed by atoms with van der Waals surface area (Å²) in [4.78, 5) is 23.5. The number of aryl methyl sites for hydroxylation is 1. The fraction of sp³-hybridized carbons (Fsp3) is 0.115. The van der Waals surface area contributed by atoms with E-state index < -0.39 is 5.91 Å². The molecule has 3 heterocycles. The van der Waals surface area contributed by atoms with Gasteiger partial charge in [-0.2, -0.15) is 0 Å². The van der Waals surface area contributed by atoms with Crippen LogP contribution in [-0.4, -0.2) is 44.6 Å². The Morgan fingerprint density at radius 3 is 2.68 bits per heavy atom. The van der Waals surface area contributed by atoms with Crippen molar-refractivity contribution in [1.82, 2.24) is 14.5 Å². The fourth-order valence-corrected chi connectivity index (χ4v) is 4.24. The van der Waals surface area contributed by atoms with Crippen LogP contribution in [0.3, 0.4) is 0 Å². The molecule has 6 rings (SSSR count). The minimum atomic E-state index is -1.49. The summed E-state index contributed by atoms with van der Waals surface area (Å²) in [6.07, 6.45) is 5.01. The average Bonchev–Trinajstić information content (AvgIpc) is 3.17. The van der Waals surface area contributed by atoms with Gasteiger partial charge in [0.25, 0.3) is 5.91 Å². The number of hydrogen-bond donors (Lipinski definition) is 1. The zero-order valence-corrected chi connectivity index (χ0v) is 18.5. The Morgan fingerprint density at radius 1 is 1.03 bits per heavy atom. The molecule has 1 spiro atoms. The summed E-state index contributed by atoms with van der Waals surface area (Å²) in [6, 6.07) is 18.1. The molecule has 1 N–H and O–H groups in total. The molecule has 8 nitrogen and oxygen atoms in total. The zero-order valence-electron chi connectivity index (χ0n) is 18.5. The second-order valence-corrected chi connectivity index (χ2v) is 8.16. The first-order valence-corrected chi connectivity index (χ1v) is 10.7. The van der Waals surface area contributed by atoms with E-state index in [0.29, 0.717) is 28.6 Å². The number of imidazole rings is 1. The molecule has 2 aliphatic heterocycles. The van der Waals surface area contributed by atoms with E-state index >= 15 is 0 Å². The molecule has 0 saturated heterocycles. The lowest BCUT2D eigenvalue weighted by Gasteiger charge is -2.44. The number of amides is 1. The number of phenols is 1. The lowest BCUT2D eigenvalue weighted by atomic mass is 10.0. The molecule has 0 bridgehead atoms. The van der Waals surface area contributed by atoms with Crippen LogP contribution in [0.25, 0.3) is 17.1 Å². The SMILES string of the molecule is CN1C(=O)c2ccccc2OC12C=Cc1ccc(O)c(/C=N/c3nc4ccccc4n3C)c1O2. The Kier molecular flexibility index (Phi) is 4.25. The number of aromatic nitrogens is 2. The number of benzene rings is 3. The van der Waals surface area contributed by atoms with Crippen molar-refractivity contribution in [2.45, 2.75) is 5.91 Å². The highest BCUT2D eigenvalue weighted by molar-refractivity contribution is 5.98.